The van der Waals surface area contributed by atoms with Crippen LogP contribution in [0.1, 0.15) is 33.6 Å². The van der Waals surface area contributed by atoms with E-state index in [4.69, 9.17) is 8.94 Å². The van der Waals surface area contributed by atoms with Gasteiger partial charge in [0.15, 0.2) is 5.69 Å². The molecule has 1 N–H and O–H groups in total. The van der Waals surface area contributed by atoms with Gasteiger partial charge < -0.3 is 14.3 Å². The maximum atomic E-state index is 12.6. The van der Waals surface area contributed by atoms with Gasteiger partial charge in [0.05, 0.1) is 0 Å². The van der Waals surface area contributed by atoms with Crippen LogP contribution >= 0.6 is 0 Å². The zero-order valence-corrected chi connectivity index (χ0v) is 13.6. The Morgan fingerprint density at radius 3 is 2.52 bits per heavy atom. The van der Waals surface area contributed by atoms with Gasteiger partial charge in [-0.15, -0.1) is 0 Å². The highest BCUT2D eigenvalue weighted by Crippen LogP contribution is 2.28. The van der Waals surface area contributed by atoms with Crippen LogP contribution in [-0.4, -0.2) is 11.1 Å². The maximum Gasteiger partial charge on any atom is 0.274 e. The lowest BCUT2D eigenvalue weighted by Crippen LogP contribution is -2.29. The van der Waals surface area contributed by atoms with Crippen LogP contribution in [0.3, 0.4) is 0 Å². The summed E-state index contributed by atoms with van der Waals surface area (Å²) in [4.78, 5) is 12.6. The van der Waals surface area contributed by atoms with Gasteiger partial charge in [0.1, 0.15) is 23.1 Å². The number of benzene rings is 2. The quantitative estimate of drug-likeness (QED) is 0.606. The second-order valence-electron chi connectivity index (χ2n) is 5.83. The van der Waals surface area contributed by atoms with Gasteiger partial charge >= 0.3 is 0 Å². The molecule has 4 rings (SSSR count). The average Bonchev–Trinajstić information content (AvgIpc) is 3.26. The molecule has 4 aromatic rings. The highest BCUT2D eigenvalue weighted by atomic mass is 16.5. The summed E-state index contributed by atoms with van der Waals surface area (Å²) in [6.07, 6.45) is 0. The molecule has 0 bridgehead atoms. The molecule has 124 valence electrons. The van der Waals surface area contributed by atoms with Crippen molar-refractivity contribution in [1.82, 2.24) is 10.5 Å². The Labute approximate surface area is 144 Å². The summed E-state index contributed by atoms with van der Waals surface area (Å²) in [6, 6.07) is 20.6. The summed E-state index contributed by atoms with van der Waals surface area (Å²) < 4.78 is 11.0. The highest BCUT2D eigenvalue weighted by molar-refractivity contribution is 5.92. The number of aromatic nitrogens is 1. The Morgan fingerprint density at radius 1 is 1.04 bits per heavy atom. The minimum Gasteiger partial charge on any atom is -0.459 e. The molecule has 25 heavy (non-hydrogen) atoms. The summed E-state index contributed by atoms with van der Waals surface area (Å²) in [6.45, 7) is 1.75. The summed E-state index contributed by atoms with van der Waals surface area (Å²) >= 11 is 0. The van der Waals surface area contributed by atoms with Gasteiger partial charge in [-0.2, -0.15) is 0 Å². The van der Waals surface area contributed by atoms with Crippen molar-refractivity contribution in [2.24, 2.45) is 0 Å². The largest absolute Gasteiger partial charge is 0.459 e. The van der Waals surface area contributed by atoms with Gasteiger partial charge in [-0.3, -0.25) is 4.79 Å². The topological polar surface area (TPSA) is 68.3 Å². The second-order valence-corrected chi connectivity index (χ2v) is 5.83. The Hall–Kier alpha value is -3.34. The van der Waals surface area contributed by atoms with Crippen molar-refractivity contribution in [3.05, 3.63) is 89.5 Å². The molecule has 0 spiro atoms. The Kier molecular flexibility index (Phi) is 3.82. The number of carbonyl (C=O) groups excluding carboxylic acids is 1. The van der Waals surface area contributed by atoms with Crippen molar-refractivity contribution in [1.29, 1.82) is 0 Å². The van der Waals surface area contributed by atoms with Crippen LogP contribution in [0.5, 0.6) is 0 Å². The minimum atomic E-state index is -0.418. The molecule has 0 saturated heterocycles. The van der Waals surface area contributed by atoms with Crippen molar-refractivity contribution < 1.29 is 13.7 Å². The van der Waals surface area contributed by atoms with E-state index >= 15 is 0 Å². The molecule has 0 aliphatic carbocycles. The third kappa shape index (κ3) is 3.04. The second kappa shape index (κ2) is 6.28. The Bertz CT molecular complexity index is 985. The monoisotopic (exact) mass is 332 g/mol. The molecule has 0 fully saturated rings. The molecular formula is C20H16N2O3. The normalized spacial score (nSPS) is 12.2. The van der Waals surface area contributed by atoms with Crippen molar-refractivity contribution in [3.63, 3.8) is 0 Å². The predicted octanol–water partition coefficient (Wildman–Crippen LogP) is 4.25. The molecule has 2 aromatic carbocycles. The van der Waals surface area contributed by atoms with Crippen LogP contribution in [0.15, 0.2) is 75.7 Å². The number of furan rings is 1. The lowest BCUT2D eigenvalue weighted by Gasteiger charge is -2.16. The van der Waals surface area contributed by atoms with Gasteiger partial charge in [0.25, 0.3) is 5.91 Å². The number of fused-ring (bicyclic) bond motifs is 1. The number of hydrogen-bond acceptors (Lipinski definition) is 4. The zero-order chi connectivity index (χ0) is 17.2. The first-order valence-corrected chi connectivity index (χ1v) is 7.98. The van der Waals surface area contributed by atoms with Crippen LogP contribution in [-0.2, 0) is 0 Å². The van der Waals surface area contributed by atoms with E-state index in [1.807, 2.05) is 60.7 Å². The predicted molar refractivity (Wildman–Crippen MR) is 93.2 cm³/mol. The van der Waals surface area contributed by atoms with Crippen molar-refractivity contribution in [2.75, 3.05) is 0 Å². The van der Waals surface area contributed by atoms with E-state index in [0.717, 1.165) is 16.5 Å². The fourth-order valence-corrected chi connectivity index (χ4v) is 2.79. The lowest BCUT2D eigenvalue weighted by molar-refractivity contribution is 0.0930. The fraction of sp³-hybridized carbons (Fsp3) is 0.100. The first-order chi connectivity index (χ1) is 12.2. The van der Waals surface area contributed by atoms with E-state index in [9.17, 15) is 4.79 Å². The number of rotatable bonds is 4. The van der Waals surface area contributed by atoms with E-state index in [0.29, 0.717) is 11.5 Å². The fourth-order valence-electron chi connectivity index (χ4n) is 2.79. The number of para-hydroxylation sites is 1. The van der Waals surface area contributed by atoms with E-state index in [-0.39, 0.29) is 11.6 Å². The van der Waals surface area contributed by atoms with Crippen LogP contribution in [0, 0.1) is 6.92 Å². The summed E-state index contributed by atoms with van der Waals surface area (Å²) in [5.74, 6) is 0.942. The number of aryl methyl sites for hydroxylation is 1. The van der Waals surface area contributed by atoms with Gasteiger partial charge in [-0.1, -0.05) is 53.7 Å². The molecule has 1 amide bonds. The van der Waals surface area contributed by atoms with Crippen LogP contribution in [0.4, 0.5) is 0 Å². The standard InChI is InChI=1S/C20H16N2O3/c1-13-11-16(22-25-13)20(23)21-19(14-7-3-2-4-8-14)18-12-15-9-5-6-10-17(15)24-18/h2-12,19H,1H3,(H,21,23)/t19-/m1/s1. The first-order valence-electron chi connectivity index (χ1n) is 7.98. The van der Waals surface area contributed by atoms with Crippen LogP contribution < -0.4 is 5.32 Å². The molecule has 0 aliphatic rings. The first kappa shape index (κ1) is 15.2. The maximum absolute atomic E-state index is 12.6. The van der Waals surface area contributed by atoms with Crippen molar-refractivity contribution in [3.8, 4) is 0 Å². The summed E-state index contributed by atoms with van der Waals surface area (Å²) in [7, 11) is 0. The highest BCUT2D eigenvalue weighted by Gasteiger charge is 2.23. The number of hydrogen-bond donors (Lipinski definition) is 1. The molecular weight excluding hydrogens is 316 g/mol. The molecule has 0 radical (unpaired) electrons. The summed E-state index contributed by atoms with van der Waals surface area (Å²) in [5.41, 5.74) is 1.95. The SMILES string of the molecule is Cc1cc(C(=O)N[C@H](c2ccccc2)c2cc3ccccc3o2)no1. The Morgan fingerprint density at radius 2 is 1.80 bits per heavy atom. The molecule has 0 saturated carbocycles. The Balaban J connectivity index is 1.72. The third-order valence-electron chi connectivity index (χ3n) is 4.00. The number of nitrogens with one attached hydrogen (secondary N) is 1. The average molecular weight is 332 g/mol. The smallest absolute Gasteiger partial charge is 0.274 e. The van der Waals surface area contributed by atoms with E-state index in [1.165, 1.54) is 0 Å². The molecule has 2 heterocycles. The molecule has 5 nitrogen and oxygen atoms in total. The summed E-state index contributed by atoms with van der Waals surface area (Å²) in [5, 5.41) is 7.76. The van der Waals surface area contributed by atoms with Crippen molar-refractivity contribution in [2.45, 2.75) is 13.0 Å². The van der Waals surface area contributed by atoms with Crippen LogP contribution in [0.2, 0.25) is 0 Å². The van der Waals surface area contributed by atoms with Gasteiger partial charge in [-0.05, 0) is 24.6 Å². The van der Waals surface area contributed by atoms with Gasteiger partial charge in [-0.25, -0.2) is 0 Å². The van der Waals surface area contributed by atoms with Crippen LogP contribution in [0.25, 0.3) is 11.0 Å². The van der Waals surface area contributed by atoms with Crippen molar-refractivity contribution >= 4 is 16.9 Å². The molecule has 1 atom stereocenters. The number of carbonyl (C=O) groups is 1. The molecule has 2 aromatic heterocycles. The molecule has 5 heteroatoms. The zero-order valence-electron chi connectivity index (χ0n) is 13.6. The van der Waals surface area contributed by atoms with Gasteiger partial charge in [0.2, 0.25) is 0 Å². The number of nitrogens with zero attached hydrogens (tertiary/aromatic N) is 1. The number of amides is 1. The lowest BCUT2D eigenvalue weighted by atomic mass is 10.0. The third-order valence-corrected chi connectivity index (χ3v) is 4.00. The molecule has 0 aliphatic heterocycles. The minimum absolute atomic E-state index is 0.245. The van der Waals surface area contributed by atoms with E-state index < -0.39 is 6.04 Å². The van der Waals surface area contributed by atoms with E-state index in [2.05, 4.69) is 10.5 Å². The van der Waals surface area contributed by atoms with Gasteiger partial charge in [0, 0.05) is 11.5 Å². The molecule has 0 unspecified atom stereocenters. The van der Waals surface area contributed by atoms with E-state index in [1.54, 1.807) is 13.0 Å².